The Hall–Kier alpha value is -3.12. The van der Waals surface area contributed by atoms with Crippen molar-refractivity contribution in [3.8, 4) is 10.6 Å². The molecule has 2 aromatic heterocycles. The van der Waals surface area contributed by atoms with E-state index in [9.17, 15) is 18.3 Å². The highest BCUT2D eigenvalue weighted by Crippen LogP contribution is 2.38. The van der Waals surface area contributed by atoms with Crippen molar-refractivity contribution in [2.24, 2.45) is 5.92 Å². The lowest BCUT2D eigenvalue weighted by Crippen LogP contribution is -2.48. The summed E-state index contributed by atoms with van der Waals surface area (Å²) in [6.07, 6.45) is 4.21. The lowest BCUT2D eigenvalue weighted by atomic mass is 9.84. The van der Waals surface area contributed by atoms with E-state index in [-0.39, 0.29) is 16.6 Å². The first-order chi connectivity index (χ1) is 17.6. The van der Waals surface area contributed by atoms with Gasteiger partial charge in [-0.2, -0.15) is 13.5 Å². The van der Waals surface area contributed by atoms with Crippen LogP contribution in [0.15, 0.2) is 53.6 Å². The lowest BCUT2D eigenvalue weighted by molar-refractivity contribution is 0.0523. The Bertz CT molecular complexity index is 1550. The van der Waals surface area contributed by atoms with E-state index in [1.54, 1.807) is 23.5 Å². The lowest BCUT2D eigenvalue weighted by Gasteiger charge is -2.44. The molecule has 0 radical (unpaired) electrons. The molecule has 3 aliphatic rings. The van der Waals surface area contributed by atoms with Crippen LogP contribution in [0.25, 0.3) is 21.5 Å². The van der Waals surface area contributed by atoms with Gasteiger partial charge in [0.1, 0.15) is 5.01 Å². The van der Waals surface area contributed by atoms with Crippen LogP contribution in [0.1, 0.15) is 39.8 Å². The van der Waals surface area contributed by atoms with Crippen LogP contribution in [0, 0.1) is 19.8 Å². The molecule has 5 heterocycles. The number of piperidine rings is 3. The molecule has 3 saturated heterocycles. The van der Waals surface area contributed by atoms with Gasteiger partial charge in [0.15, 0.2) is 5.69 Å². The summed E-state index contributed by atoms with van der Waals surface area (Å²) >= 11 is 1.65. The first kappa shape index (κ1) is 25.5. The number of thiazole rings is 1. The van der Waals surface area contributed by atoms with Gasteiger partial charge in [-0.05, 0) is 70.0 Å². The summed E-state index contributed by atoms with van der Waals surface area (Å²) in [6, 6.07) is 12.1. The van der Waals surface area contributed by atoms with Gasteiger partial charge in [-0.1, -0.05) is 23.8 Å². The quantitative estimate of drug-likeness (QED) is 0.358. The first-order valence-electron chi connectivity index (χ1n) is 12.0. The normalized spacial score (nSPS) is 21.0. The Balaban J connectivity index is 0.000000215. The molecule has 3 fully saturated rings. The zero-order valence-corrected chi connectivity index (χ0v) is 22.2. The van der Waals surface area contributed by atoms with Gasteiger partial charge in [0.2, 0.25) is 0 Å². The number of hydrogen-bond donors (Lipinski definition) is 2. The molecule has 194 valence electrons. The van der Waals surface area contributed by atoms with Gasteiger partial charge in [-0.3, -0.25) is 9.23 Å². The van der Waals surface area contributed by atoms with Gasteiger partial charge in [-0.15, -0.1) is 11.3 Å². The van der Waals surface area contributed by atoms with E-state index >= 15 is 0 Å². The number of nitrogens with zero attached hydrogens (tertiary/aromatic N) is 4. The van der Waals surface area contributed by atoms with Crippen LogP contribution in [0.5, 0.6) is 0 Å². The van der Waals surface area contributed by atoms with E-state index in [1.807, 2.05) is 36.9 Å². The van der Waals surface area contributed by atoms with Crippen molar-refractivity contribution >= 4 is 38.3 Å². The fraction of sp³-hybridized carbons (Fsp3) is 0.346. The van der Waals surface area contributed by atoms with E-state index in [1.165, 1.54) is 25.0 Å². The minimum absolute atomic E-state index is 0.0666. The maximum Gasteiger partial charge on any atom is 0.357 e. The number of rotatable bonds is 4. The molecule has 11 heteroatoms. The minimum atomic E-state index is -4.02. The molecular formula is C26H28N4O5S2. The van der Waals surface area contributed by atoms with Crippen LogP contribution in [-0.2, 0) is 10.1 Å². The van der Waals surface area contributed by atoms with Gasteiger partial charge >= 0.3 is 5.97 Å². The number of carbonyl (C=O) groups is 1. The van der Waals surface area contributed by atoms with Crippen LogP contribution in [0.4, 0.5) is 0 Å². The number of fused-ring (bicyclic) bond motifs is 4. The first-order valence-corrected chi connectivity index (χ1v) is 14.3. The maximum atomic E-state index is 11.7. The van der Waals surface area contributed by atoms with Gasteiger partial charge in [-0.25, -0.2) is 9.78 Å². The second-order valence-electron chi connectivity index (χ2n) is 9.60. The SMILES string of the molecule is Cc1ccc(S(=O)(=O)O)cc1.Cc1cnc(-c2ccc3c(C(=O)O)nn([C@@H]4CN5CCC4CC5)c3c2)s1. The van der Waals surface area contributed by atoms with Crippen molar-refractivity contribution in [2.75, 3.05) is 19.6 Å². The Morgan fingerprint density at radius 1 is 1.08 bits per heavy atom. The number of aromatic nitrogens is 3. The highest BCUT2D eigenvalue weighted by atomic mass is 32.2. The van der Waals surface area contributed by atoms with Crippen LogP contribution in [0.3, 0.4) is 0 Å². The minimum Gasteiger partial charge on any atom is -0.476 e. The molecule has 0 unspecified atom stereocenters. The van der Waals surface area contributed by atoms with Crippen molar-refractivity contribution in [3.63, 3.8) is 0 Å². The average Bonchev–Trinajstić information content (AvgIpc) is 3.48. The molecule has 0 aliphatic carbocycles. The van der Waals surface area contributed by atoms with E-state index in [0.29, 0.717) is 11.3 Å². The number of carboxylic acid groups (broad SMARTS) is 1. The standard InChI is InChI=1S/C19H20N4O2S.C7H8O3S/c1-11-9-20-18(26-11)13-2-3-14-15(8-13)23(21-17(14)19(24)25)16-10-22-6-4-12(16)5-7-22;1-6-2-4-7(5-3-6)11(8,9)10/h2-3,8-9,12,16H,4-7,10H2,1H3,(H,24,25);2-5H,1H3,(H,8,9,10)/t16-;/m1./s1. The summed E-state index contributed by atoms with van der Waals surface area (Å²) in [7, 11) is -4.02. The fourth-order valence-electron chi connectivity index (χ4n) is 5.09. The molecule has 2 bridgehead atoms. The highest BCUT2D eigenvalue weighted by Gasteiger charge is 2.37. The van der Waals surface area contributed by atoms with Gasteiger partial charge in [0.25, 0.3) is 10.1 Å². The molecule has 0 saturated carbocycles. The van der Waals surface area contributed by atoms with Gasteiger partial charge in [0, 0.05) is 28.6 Å². The zero-order valence-electron chi connectivity index (χ0n) is 20.5. The zero-order chi connectivity index (χ0) is 26.3. The fourth-order valence-corrected chi connectivity index (χ4v) is 6.33. The number of aryl methyl sites for hydroxylation is 2. The molecule has 2 N–H and O–H groups in total. The predicted octanol–water partition coefficient (Wildman–Crippen LogP) is 4.67. The molecule has 4 aromatic rings. The van der Waals surface area contributed by atoms with Crippen molar-refractivity contribution in [3.05, 3.63) is 64.8 Å². The Morgan fingerprint density at radius 2 is 1.78 bits per heavy atom. The number of benzene rings is 2. The van der Waals surface area contributed by atoms with E-state index < -0.39 is 16.1 Å². The number of aromatic carboxylic acids is 1. The van der Waals surface area contributed by atoms with Crippen LogP contribution in [-0.4, -0.2) is 63.3 Å². The molecule has 7 rings (SSSR count). The number of hydrogen-bond acceptors (Lipinski definition) is 7. The van der Waals surface area contributed by atoms with Crippen molar-refractivity contribution in [1.29, 1.82) is 0 Å². The second kappa shape index (κ2) is 9.97. The van der Waals surface area contributed by atoms with Crippen molar-refractivity contribution in [1.82, 2.24) is 19.7 Å². The highest BCUT2D eigenvalue weighted by molar-refractivity contribution is 7.85. The van der Waals surface area contributed by atoms with Crippen LogP contribution < -0.4 is 0 Å². The number of carboxylic acids is 1. The predicted molar refractivity (Wildman–Crippen MR) is 142 cm³/mol. The summed E-state index contributed by atoms with van der Waals surface area (Å²) in [5, 5.41) is 15.8. The molecule has 0 spiro atoms. The summed E-state index contributed by atoms with van der Waals surface area (Å²) in [5.74, 6) is -0.386. The maximum absolute atomic E-state index is 11.7. The monoisotopic (exact) mass is 540 g/mol. The summed E-state index contributed by atoms with van der Waals surface area (Å²) in [4.78, 5) is 19.8. The molecule has 1 atom stereocenters. The van der Waals surface area contributed by atoms with E-state index in [0.717, 1.165) is 46.2 Å². The molecule has 2 aromatic carbocycles. The molecular weight excluding hydrogens is 512 g/mol. The Kier molecular flexibility index (Phi) is 6.88. The Morgan fingerprint density at radius 3 is 2.32 bits per heavy atom. The van der Waals surface area contributed by atoms with Gasteiger partial charge in [0.05, 0.1) is 16.5 Å². The molecule has 37 heavy (non-hydrogen) atoms. The summed E-state index contributed by atoms with van der Waals surface area (Å²) in [6.45, 7) is 7.14. The molecule has 9 nitrogen and oxygen atoms in total. The smallest absolute Gasteiger partial charge is 0.357 e. The molecule has 3 aliphatic heterocycles. The Labute approximate surface area is 219 Å². The average molecular weight is 541 g/mol. The summed E-state index contributed by atoms with van der Waals surface area (Å²) in [5.41, 5.74) is 3.04. The third-order valence-electron chi connectivity index (χ3n) is 7.03. The van der Waals surface area contributed by atoms with Crippen LogP contribution >= 0.6 is 11.3 Å². The van der Waals surface area contributed by atoms with Crippen molar-refractivity contribution < 1.29 is 22.9 Å². The van der Waals surface area contributed by atoms with Crippen LogP contribution in [0.2, 0.25) is 0 Å². The third kappa shape index (κ3) is 5.30. The third-order valence-corrected chi connectivity index (χ3v) is 8.86. The molecule has 0 amide bonds. The largest absolute Gasteiger partial charge is 0.476 e. The second-order valence-corrected chi connectivity index (χ2v) is 12.3. The van der Waals surface area contributed by atoms with Gasteiger partial charge < -0.3 is 10.0 Å². The summed E-state index contributed by atoms with van der Waals surface area (Å²) < 4.78 is 31.5. The van der Waals surface area contributed by atoms with E-state index in [4.69, 9.17) is 4.55 Å². The van der Waals surface area contributed by atoms with E-state index in [2.05, 4.69) is 21.0 Å². The topological polar surface area (TPSA) is 126 Å². The van der Waals surface area contributed by atoms with Crippen molar-refractivity contribution in [2.45, 2.75) is 37.6 Å².